The molecule has 2 rings (SSSR count). The van der Waals surface area contributed by atoms with Crippen molar-refractivity contribution in [2.24, 2.45) is 0 Å². The third-order valence-corrected chi connectivity index (χ3v) is 6.22. The lowest BCUT2D eigenvalue weighted by Gasteiger charge is -2.38. The summed E-state index contributed by atoms with van der Waals surface area (Å²) in [7, 11) is 0. The van der Waals surface area contributed by atoms with Gasteiger partial charge in [-0.15, -0.1) is 4.72 Å². The highest BCUT2D eigenvalue weighted by atomic mass is 79.9. The van der Waals surface area contributed by atoms with E-state index in [1.165, 1.54) is 24.0 Å². The fourth-order valence-corrected chi connectivity index (χ4v) is 3.51. The fraction of sp³-hybridized carbons (Fsp3) is 0.471. The average Bonchev–Trinajstić information content (AvgIpc) is 3.04. The number of alkyl halides is 2. The van der Waals surface area contributed by atoms with Gasteiger partial charge in [0.05, 0.1) is 11.9 Å². The summed E-state index contributed by atoms with van der Waals surface area (Å²) in [4.78, 5) is 0. The second kappa shape index (κ2) is 7.55. The van der Waals surface area contributed by atoms with E-state index in [0.29, 0.717) is 5.69 Å². The van der Waals surface area contributed by atoms with Gasteiger partial charge in [0.2, 0.25) is 0 Å². The maximum atomic E-state index is 14.6. The van der Waals surface area contributed by atoms with Crippen LogP contribution in [0.2, 0.25) is 0 Å². The Kier molecular flexibility index (Phi) is 6.19. The molecule has 1 heterocycles. The van der Waals surface area contributed by atoms with Crippen molar-refractivity contribution in [2.75, 3.05) is 6.61 Å². The Labute approximate surface area is 163 Å². The molecule has 0 saturated heterocycles. The fourth-order valence-electron chi connectivity index (χ4n) is 2.18. The third-order valence-electron chi connectivity index (χ3n) is 4.02. The Morgan fingerprint density at radius 1 is 1.31 bits per heavy atom. The second-order valence-electron chi connectivity index (χ2n) is 7.12. The van der Waals surface area contributed by atoms with E-state index in [1.54, 1.807) is 39.0 Å². The maximum Gasteiger partial charge on any atom is 0.296 e. The Bertz CT molecular complexity index is 766. The standard InChI is InChI=1S/C17H22BrF2N3O2S/c1-15(2,3)26(25)22-16(4,17(19,20)11-24)12-9-21-23(10-12)14-7-5-6-13(18)8-14/h5-10,22,24H,11H2,1-4H3/t16-,26-/m1/s1. The molecular weight excluding hydrogens is 428 g/mol. The van der Waals surface area contributed by atoms with Crippen molar-refractivity contribution < 1.29 is 18.4 Å². The van der Waals surface area contributed by atoms with Crippen LogP contribution in [0.25, 0.3) is 5.69 Å². The van der Waals surface area contributed by atoms with Gasteiger partial charge < -0.3 is 9.66 Å². The van der Waals surface area contributed by atoms with Gasteiger partial charge in [0.25, 0.3) is 5.92 Å². The van der Waals surface area contributed by atoms with Gasteiger partial charge in [-0.25, -0.2) is 13.5 Å². The number of benzene rings is 1. The molecule has 1 aromatic heterocycles. The first-order valence-electron chi connectivity index (χ1n) is 7.90. The molecule has 0 saturated carbocycles. The van der Waals surface area contributed by atoms with Crippen molar-refractivity contribution in [2.45, 2.75) is 43.9 Å². The zero-order valence-electron chi connectivity index (χ0n) is 15.0. The Morgan fingerprint density at radius 2 is 1.96 bits per heavy atom. The summed E-state index contributed by atoms with van der Waals surface area (Å²) in [6.07, 6.45) is 2.73. The van der Waals surface area contributed by atoms with Crippen molar-refractivity contribution in [3.8, 4) is 5.69 Å². The summed E-state index contributed by atoms with van der Waals surface area (Å²) < 4.78 is 45.8. The van der Waals surface area contributed by atoms with Crippen LogP contribution in [-0.2, 0) is 16.9 Å². The van der Waals surface area contributed by atoms with Gasteiger partial charge >= 0.3 is 0 Å². The maximum absolute atomic E-state index is 14.6. The van der Waals surface area contributed by atoms with E-state index < -0.39 is 34.2 Å². The zero-order valence-corrected chi connectivity index (χ0v) is 17.4. The van der Waals surface area contributed by atoms with Gasteiger partial charge in [0.15, 0.2) is 5.54 Å². The van der Waals surface area contributed by atoms with E-state index in [0.717, 1.165) is 4.47 Å². The second-order valence-corrected chi connectivity index (χ2v) is 10.0. The number of rotatable bonds is 6. The normalized spacial score (nSPS) is 16.3. The molecule has 0 unspecified atom stereocenters. The SMILES string of the molecule is CC(C)(C)[S@@+]([O-])N[C@](C)(c1cnn(-c2cccc(Br)c2)c1)C(F)(F)CO. The van der Waals surface area contributed by atoms with Crippen LogP contribution in [0, 0.1) is 0 Å². The predicted molar refractivity (Wildman–Crippen MR) is 102 cm³/mol. The van der Waals surface area contributed by atoms with Gasteiger partial charge in [-0.3, -0.25) is 0 Å². The van der Waals surface area contributed by atoms with Gasteiger partial charge in [0.1, 0.15) is 11.4 Å². The number of aromatic nitrogens is 2. The minimum absolute atomic E-state index is 0.120. The Balaban J connectivity index is 2.47. The molecule has 0 radical (unpaired) electrons. The molecule has 0 aliphatic rings. The number of halogens is 3. The summed E-state index contributed by atoms with van der Waals surface area (Å²) in [6.45, 7) is 4.87. The van der Waals surface area contributed by atoms with Gasteiger partial charge in [-0.1, -0.05) is 22.0 Å². The third kappa shape index (κ3) is 4.28. The summed E-state index contributed by atoms with van der Waals surface area (Å²) in [5, 5.41) is 13.4. The Hall–Kier alpha value is -1.00. The molecule has 5 nitrogen and oxygen atoms in total. The topological polar surface area (TPSA) is 73.1 Å². The highest BCUT2D eigenvalue weighted by Gasteiger charge is 2.55. The summed E-state index contributed by atoms with van der Waals surface area (Å²) in [5.74, 6) is -3.56. The van der Waals surface area contributed by atoms with Crippen molar-refractivity contribution >= 4 is 27.3 Å². The molecule has 0 bridgehead atoms. The largest absolute Gasteiger partial charge is 0.598 e. The van der Waals surface area contributed by atoms with Crippen molar-refractivity contribution in [3.05, 3.63) is 46.7 Å². The molecule has 0 spiro atoms. The van der Waals surface area contributed by atoms with E-state index in [4.69, 9.17) is 0 Å². The molecule has 2 atom stereocenters. The molecule has 26 heavy (non-hydrogen) atoms. The first-order chi connectivity index (χ1) is 11.9. The molecular formula is C17H22BrF2N3O2S. The molecule has 9 heteroatoms. The lowest BCUT2D eigenvalue weighted by Crippen LogP contribution is -2.60. The number of nitrogens with one attached hydrogen (secondary N) is 1. The number of aliphatic hydroxyl groups excluding tert-OH is 1. The van der Waals surface area contributed by atoms with Crippen LogP contribution < -0.4 is 4.72 Å². The molecule has 144 valence electrons. The molecule has 0 amide bonds. The van der Waals surface area contributed by atoms with Crippen LogP contribution in [0.1, 0.15) is 33.3 Å². The summed E-state index contributed by atoms with van der Waals surface area (Å²) in [5.41, 5.74) is -1.27. The smallest absolute Gasteiger partial charge is 0.296 e. The monoisotopic (exact) mass is 449 g/mol. The van der Waals surface area contributed by atoms with Crippen LogP contribution in [0.5, 0.6) is 0 Å². The number of hydrogen-bond acceptors (Lipinski definition) is 4. The van der Waals surface area contributed by atoms with Crippen LogP contribution >= 0.6 is 15.9 Å². The highest BCUT2D eigenvalue weighted by Crippen LogP contribution is 2.39. The average molecular weight is 450 g/mol. The minimum Gasteiger partial charge on any atom is -0.598 e. The summed E-state index contributed by atoms with van der Waals surface area (Å²) in [6, 6.07) is 7.21. The van der Waals surface area contributed by atoms with Crippen LogP contribution in [0.15, 0.2) is 41.1 Å². The van der Waals surface area contributed by atoms with E-state index >= 15 is 0 Å². The highest BCUT2D eigenvalue weighted by molar-refractivity contribution is 9.10. The molecule has 1 aromatic carbocycles. The van der Waals surface area contributed by atoms with Crippen molar-refractivity contribution in [1.82, 2.24) is 14.5 Å². The van der Waals surface area contributed by atoms with E-state index in [9.17, 15) is 18.4 Å². The quantitative estimate of drug-likeness (QED) is 0.661. The van der Waals surface area contributed by atoms with Gasteiger partial charge in [-0.05, 0) is 45.9 Å². The lowest BCUT2D eigenvalue weighted by atomic mass is 9.89. The first kappa shape index (κ1) is 21.3. The van der Waals surface area contributed by atoms with Crippen molar-refractivity contribution in [3.63, 3.8) is 0 Å². The first-order valence-corrected chi connectivity index (χ1v) is 9.84. The van der Waals surface area contributed by atoms with E-state index in [2.05, 4.69) is 25.8 Å². The van der Waals surface area contributed by atoms with E-state index in [1.807, 2.05) is 6.07 Å². The van der Waals surface area contributed by atoms with Gasteiger partial charge in [0, 0.05) is 27.6 Å². The molecule has 0 fully saturated rings. The number of hydrogen-bond donors (Lipinski definition) is 2. The molecule has 0 aliphatic heterocycles. The predicted octanol–water partition coefficient (Wildman–Crippen LogP) is 3.53. The molecule has 2 aromatic rings. The summed E-state index contributed by atoms with van der Waals surface area (Å²) >= 11 is 1.58. The van der Waals surface area contributed by atoms with E-state index in [-0.39, 0.29) is 5.56 Å². The van der Waals surface area contributed by atoms with Crippen molar-refractivity contribution in [1.29, 1.82) is 0 Å². The lowest BCUT2D eigenvalue weighted by molar-refractivity contribution is -0.114. The van der Waals surface area contributed by atoms with Crippen LogP contribution in [-0.4, -0.2) is 36.7 Å². The molecule has 2 N–H and O–H groups in total. The van der Waals surface area contributed by atoms with Gasteiger partial charge in [-0.2, -0.15) is 5.10 Å². The van der Waals surface area contributed by atoms with Crippen LogP contribution in [0.4, 0.5) is 8.78 Å². The number of nitrogens with zero attached hydrogens (tertiary/aromatic N) is 2. The molecule has 0 aliphatic carbocycles. The van der Waals surface area contributed by atoms with Crippen LogP contribution in [0.3, 0.4) is 0 Å². The minimum atomic E-state index is -3.56. The Morgan fingerprint density at radius 3 is 2.50 bits per heavy atom. The number of aliphatic hydroxyl groups is 1. The zero-order chi connectivity index (χ0) is 19.8.